The van der Waals surface area contributed by atoms with Crippen LogP contribution in [-0.2, 0) is 17.8 Å². The number of anilines is 1. The first kappa shape index (κ1) is 11.1. The van der Waals surface area contributed by atoms with Gasteiger partial charge in [-0.25, -0.2) is 0 Å². The first-order valence-corrected chi connectivity index (χ1v) is 5.84. The number of nitrogens with one attached hydrogen (secondary N) is 1. The van der Waals surface area contributed by atoms with E-state index in [0.29, 0.717) is 18.5 Å². The molecule has 86 valence electrons. The molecule has 0 amide bonds. The van der Waals surface area contributed by atoms with Gasteiger partial charge in [0.1, 0.15) is 6.61 Å². The molecule has 2 aromatic rings. The number of aromatic nitrogens is 2. The number of hydrogen-bond acceptors (Lipinski definition) is 6. The fourth-order valence-corrected chi connectivity index (χ4v) is 1.96. The summed E-state index contributed by atoms with van der Waals surface area (Å²) in [6.45, 7) is 1.13. The van der Waals surface area contributed by atoms with E-state index in [2.05, 4.69) is 27.0 Å². The summed E-state index contributed by atoms with van der Waals surface area (Å²) in [4.78, 5) is 1.34. The van der Waals surface area contributed by atoms with Crippen LogP contribution in [0.15, 0.2) is 21.9 Å². The molecular formula is C10H13N3O2S. The van der Waals surface area contributed by atoms with E-state index in [1.165, 1.54) is 4.88 Å². The first-order chi connectivity index (χ1) is 7.88. The fraction of sp³-hybridized carbons (Fsp3) is 0.400. The second-order valence-electron chi connectivity index (χ2n) is 3.19. The Hall–Kier alpha value is -1.40. The Morgan fingerprint density at radius 3 is 3.19 bits per heavy atom. The van der Waals surface area contributed by atoms with Crippen LogP contribution in [0.5, 0.6) is 0 Å². The highest BCUT2D eigenvalue weighted by molar-refractivity contribution is 7.09. The molecule has 0 aliphatic heterocycles. The maximum Gasteiger partial charge on any atom is 0.315 e. The van der Waals surface area contributed by atoms with E-state index in [9.17, 15) is 0 Å². The van der Waals surface area contributed by atoms with Gasteiger partial charge in [-0.15, -0.1) is 16.4 Å². The standard InChI is InChI=1S/C10H13N3O2S/c1-14-7-9-12-13-10(15-9)11-5-4-8-3-2-6-16-8/h2-3,6H,4-5,7H2,1H3,(H,11,13). The average Bonchev–Trinajstić information content (AvgIpc) is 2.90. The van der Waals surface area contributed by atoms with Gasteiger partial charge in [0.2, 0.25) is 5.89 Å². The monoisotopic (exact) mass is 239 g/mol. The van der Waals surface area contributed by atoms with E-state index < -0.39 is 0 Å². The van der Waals surface area contributed by atoms with Gasteiger partial charge in [-0.05, 0) is 17.9 Å². The lowest BCUT2D eigenvalue weighted by molar-refractivity contribution is 0.160. The van der Waals surface area contributed by atoms with Gasteiger partial charge in [-0.3, -0.25) is 0 Å². The normalized spacial score (nSPS) is 10.6. The number of methoxy groups -OCH3 is 1. The Labute approximate surface area is 97.5 Å². The van der Waals surface area contributed by atoms with E-state index in [0.717, 1.165) is 13.0 Å². The van der Waals surface area contributed by atoms with Gasteiger partial charge >= 0.3 is 6.01 Å². The molecule has 0 aliphatic carbocycles. The minimum atomic E-state index is 0.347. The molecule has 16 heavy (non-hydrogen) atoms. The molecule has 2 aromatic heterocycles. The van der Waals surface area contributed by atoms with Crippen LogP contribution in [0.1, 0.15) is 10.8 Å². The molecule has 0 saturated heterocycles. The summed E-state index contributed by atoms with van der Waals surface area (Å²) in [5.41, 5.74) is 0. The molecule has 2 heterocycles. The van der Waals surface area contributed by atoms with Crippen molar-refractivity contribution in [3.8, 4) is 0 Å². The van der Waals surface area contributed by atoms with Gasteiger partial charge in [0, 0.05) is 18.5 Å². The molecule has 0 aromatic carbocycles. The molecule has 6 heteroatoms. The predicted octanol–water partition coefficient (Wildman–Crippen LogP) is 1.93. The first-order valence-electron chi connectivity index (χ1n) is 4.96. The van der Waals surface area contributed by atoms with Gasteiger partial charge in [0.15, 0.2) is 0 Å². The van der Waals surface area contributed by atoms with E-state index in [1.807, 2.05) is 6.07 Å². The van der Waals surface area contributed by atoms with E-state index in [4.69, 9.17) is 9.15 Å². The molecule has 1 N–H and O–H groups in total. The molecule has 0 saturated carbocycles. The highest BCUT2D eigenvalue weighted by Gasteiger charge is 2.04. The lowest BCUT2D eigenvalue weighted by atomic mass is 10.3. The van der Waals surface area contributed by atoms with Gasteiger partial charge in [0.25, 0.3) is 0 Å². The zero-order chi connectivity index (χ0) is 11.2. The summed E-state index contributed by atoms with van der Waals surface area (Å²) in [6, 6.07) is 4.60. The largest absolute Gasteiger partial charge is 0.406 e. The van der Waals surface area contributed by atoms with Crippen molar-refractivity contribution < 1.29 is 9.15 Å². The summed E-state index contributed by atoms with van der Waals surface area (Å²) < 4.78 is 10.2. The summed E-state index contributed by atoms with van der Waals surface area (Å²) in [6.07, 6.45) is 0.958. The highest BCUT2D eigenvalue weighted by atomic mass is 32.1. The molecule has 0 radical (unpaired) electrons. The lowest BCUT2D eigenvalue weighted by Crippen LogP contribution is -2.03. The molecule has 0 atom stereocenters. The van der Waals surface area contributed by atoms with E-state index in [1.54, 1.807) is 18.4 Å². The van der Waals surface area contributed by atoms with Crippen molar-refractivity contribution in [3.63, 3.8) is 0 Å². The predicted molar refractivity (Wildman–Crippen MR) is 61.5 cm³/mol. The molecule has 0 aliphatic rings. The van der Waals surface area contributed by atoms with Crippen LogP contribution >= 0.6 is 11.3 Å². The third-order valence-electron chi connectivity index (χ3n) is 1.96. The number of hydrogen-bond donors (Lipinski definition) is 1. The Morgan fingerprint density at radius 1 is 1.50 bits per heavy atom. The van der Waals surface area contributed by atoms with Crippen LogP contribution in [0.3, 0.4) is 0 Å². The molecule has 2 rings (SSSR count). The van der Waals surface area contributed by atoms with Crippen molar-refractivity contribution in [2.75, 3.05) is 19.0 Å². The maximum atomic E-state index is 5.29. The Morgan fingerprint density at radius 2 is 2.44 bits per heavy atom. The van der Waals surface area contributed by atoms with Crippen molar-refractivity contribution in [2.24, 2.45) is 0 Å². The van der Waals surface area contributed by atoms with Crippen molar-refractivity contribution in [1.82, 2.24) is 10.2 Å². The van der Waals surface area contributed by atoms with E-state index >= 15 is 0 Å². The van der Waals surface area contributed by atoms with Crippen molar-refractivity contribution in [3.05, 3.63) is 28.3 Å². The molecule has 5 nitrogen and oxygen atoms in total. The van der Waals surface area contributed by atoms with Crippen LogP contribution in [-0.4, -0.2) is 23.9 Å². The van der Waals surface area contributed by atoms with Crippen molar-refractivity contribution in [2.45, 2.75) is 13.0 Å². The summed E-state index contributed by atoms with van der Waals surface area (Å²) in [5, 5.41) is 12.8. The minimum absolute atomic E-state index is 0.347. The fourth-order valence-electron chi connectivity index (χ4n) is 1.25. The average molecular weight is 239 g/mol. The number of ether oxygens (including phenoxy) is 1. The minimum Gasteiger partial charge on any atom is -0.406 e. The van der Waals surface area contributed by atoms with Crippen LogP contribution in [0.2, 0.25) is 0 Å². The Bertz CT molecular complexity index is 413. The molecule has 0 fully saturated rings. The SMILES string of the molecule is COCc1nnc(NCCc2cccs2)o1. The number of thiophene rings is 1. The molecule has 0 bridgehead atoms. The molecule has 0 unspecified atom stereocenters. The lowest BCUT2D eigenvalue weighted by Gasteiger charge is -1.98. The van der Waals surface area contributed by atoms with E-state index in [-0.39, 0.29) is 0 Å². The van der Waals surface area contributed by atoms with Gasteiger partial charge in [0.05, 0.1) is 0 Å². The Kier molecular flexibility index (Phi) is 3.90. The van der Waals surface area contributed by atoms with Crippen LogP contribution in [0.25, 0.3) is 0 Å². The van der Waals surface area contributed by atoms with Crippen LogP contribution in [0.4, 0.5) is 6.01 Å². The van der Waals surface area contributed by atoms with Gasteiger partial charge in [-0.2, -0.15) is 0 Å². The maximum absolute atomic E-state index is 5.29. The topological polar surface area (TPSA) is 60.2 Å². The smallest absolute Gasteiger partial charge is 0.315 e. The quantitative estimate of drug-likeness (QED) is 0.834. The molecular weight excluding hydrogens is 226 g/mol. The summed E-state index contributed by atoms with van der Waals surface area (Å²) >= 11 is 1.74. The highest BCUT2D eigenvalue weighted by Crippen LogP contribution is 2.10. The second-order valence-corrected chi connectivity index (χ2v) is 4.22. The summed E-state index contributed by atoms with van der Waals surface area (Å²) in [7, 11) is 1.59. The second kappa shape index (κ2) is 5.62. The van der Waals surface area contributed by atoms with Crippen molar-refractivity contribution >= 4 is 17.4 Å². The molecule has 0 spiro atoms. The van der Waals surface area contributed by atoms with Gasteiger partial charge < -0.3 is 14.5 Å². The van der Waals surface area contributed by atoms with Crippen LogP contribution in [0, 0.1) is 0 Å². The third-order valence-corrected chi connectivity index (χ3v) is 2.90. The zero-order valence-electron chi connectivity index (χ0n) is 8.97. The zero-order valence-corrected chi connectivity index (χ0v) is 9.79. The Balaban J connectivity index is 1.76. The summed E-state index contributed by atoms with van der Waals surface area (Å²) in [5.74, 6) is 0.487. The van der Waals surface area contributed by atoms with Crippen LogP contribution < -0.4 is 5.32 Å². The number of nitrogens with zero attached hydrogens (tertiary/aromatic N) is 2. The van der Waals surface area contributed by atoms with Crippen molar-refractivity contribution in [1.29, 1.82) is 0 Å². The third kappa shape index (κ3) is 3.04. The number of rotatable bonds is 6. The van der Waals surface area contributed by atoms with Gasteiger partial charge in [-0.1, -0.05) is 11.2 Å².